The van der Waals surface area contributed by atoms with E-state index in [0.717, 1.165) is 31.7 Å². The molecule has 0 atom stereocenters. The first-order chi connectivity index (χ1) is 12.2. The number of rotatable bonds is 7. The molecule has 6 heteroatoms. The SMILES string of the molecule is C=CCOc1ccc(C(=O)N2CCN(CC(=O)NC3CC3)CC2)cc1. The fourth-order valence-electron chi connectivity index (χ4n) is 2.84. The number of carbonyl (C=O) groups excluding carboxylic acids is 2. The fourth-order valence-corrected chi connectivity index (χ4v) is 2.84. The average molecular weight is 343 g/mol. The highest BCUT2D eigenvalue weighted by atomic mass is 16.5. The molecule has 0 bridgehead atoms. The topological polar surface area (TPSA) is 61.9 Å². The molecule has 2 amide bonds. The summed E-state index contributed by atoms with van der Waals surface area (Å²) in [5.41, 5.74) is 0.658. The molecule has 1 heterocycles. The van der Waals surface area contributed by atoms with Crippen LogP contribution in [0.3, 0.4) is 0 Å². The molecule has 3 rings (SSSR count). The minimum atomic E-state index is 0.0253. The molecule has 0 unspecified atom stereocenters. The first-order valence-corrected chi connectivity index (χ1v) is 8.80. The Hall–Kier alpha value is -2.34. The van der Waals surface area contributed by atoms with Crippen LogP contribution in [0, 0.1) is 0 Å². The zero-order valence-corrected chi connectivity index (χ0v) is 14.4. The lowest BCUT2D eigenvalue weighted by atomic mass is 10.1. The van der Waals surface area contributed by atoms with Gasteiger partial charge in [0, 0.05) is 37.8 Å². The van der Waals surface area contributed by atoms with E-state index in [4.69, 9.17) is 4.74 Å². The Kier molecular flexibility index (Phi) is 5.71. The second-order valence-corrected chi connectivity index (χ2v) is 6.53. The number of hydrogen-bond donors (Lipinski definition) is 1. The van der Waals surface area contributed by atoms with Crippen LogP contribution in [-0.4, -0.2) is 67.0 Å². The second kappa shape index (κ2) is 8.16. The third-order valence-corrected chi connectivity index (χ3v) is 4.44. The average Bonchev–Trinajstić information content (AvgIpc) is 3.44. The summed E-state index contributed by atoms with van der Waals surface area (Å²) in [5, 5.41) is 3.00. The summed E-state index contributed by atoms with van der Waals surface area (Å²) < 4.78 is 5.43. The normalized spacial score (nSPS) is 17.8. The largest absolute Gasteiger partial charge is 0.490 e. The molecule has 1 aromatic rings. The van der Waals surface area contributed by atoms with Crippen molar-refractivity contribution >= 4 is 11.8 Å². The molecule has 2 aliphatic rings. The van der Waals surface area contributed by atoms with E-state index < -0.39 is 0 Å². The van der Waals surface area contributed by atoms with Gasteiger partial charge in [-0.3, -0.25) is 14.5 Å². The molecule has 25 heavy (non-hydrogen) atoms. The van der Waals surface area contributed by atoms with Gasteiger partial charge in [0.2, 0.25) is 5.91 Å². The van der Waals surface area contributed by atoms with Crippen molar-refractivity contribution in [3.05, 3.63) is 42.5 Å². The summed E-state index contributed by atoms with van der Waals surface area (Å²) in [5.74, 6) is 0.845. The first kappa shape index (κ1) is 17.5. The zero-order chi connectivity index (χ0) is 17.6. The van der Waals surface area contributed by atoms with Crippen LogP contribution in [0.5, 0.6) is 5.75 Å². The molecule has 1 aliphatic heterocycles. The number of amides is 2. The van der Waals surface area contributed by atoms with E-state index in [9.17, 15) is 9.59 Å². The van der Waals surface area contributed by atoms with Gasteiger partial charge in [-0.05, 0) is 37.1 Å². The summed E-state index contributed by atoms with van der Waals surface area (Å²) in [6, 6.07) is 7.57. The van der Waals surface area contributed by atoms with Crippen LogP contribution < -0.4 is 10.1 Å². The summed E-state index contributed by atoms with van der Waals surface area (Å²) in [7, 11) is 0. The van der Waals surface area contributed by atoms with E-state index in [1.165, 1.54) is 0 Å². The van der Waals surface area contributed by atoms with E-state index in [0.29, 0.717) is 37.8 Å². The summed E-state index contributed by atoms with van der Waals surface area (Å²) >= 11 is 0. The molecule has 0 radical (unpaired) electrons. The minimum absolute atomic E-state index is 0.0253. The van der Waals surface area contributed by atoms with Crippen LogP contribution in [-0.2, 0) is 4.79 Å². The van der Waals surface area contributed by atoms with Gasteiger partial charge in [0.1, 0.15) is 12.4 Å². The Bertz CT molecular complexity index is 617. The van der Waals surface area contributed by atoms with E-state index >= 15 is 0 Å². The van der Waals surface area contributed by atoms with Crippen LogP contribution >= 0.6 is 0 Å². The molecule has 134 valence electrons. The fraction of sp³-hybridized carbons (Fsp3) is 0.474. The summed E-state index contributed by atoms with van der Waals surface area (Å²) in [6.45, 7) is 7.22. The van der Waals surface area contributed by atoms with Crippen LogP contribution in [0.1, 0.15) is 23.2 Å². The quantitative estimate of drug-likeness (QED) is 0.758. The molecule has 2 fully saturated rings. The lowest BCUT2D eigenvalue weighted by molar-refractivity contribution is -0.122. The molecule has 6 nitrogen and oxygen atoms in total. The van der Waals surface area contributed by atoms with Gasteiger partial charge in [-0.2, -0.15) is 0 Å². The second-order valence-electron chi connectivity index (χ2n) is 6.53. The Labute approximate surface area is 148 Å². The molecular formula is C19H25N3O3. The number of piperazine rings is 1. The number of nitrogens with one attached hydrogen (secondary N) is 1. The first-order valence-electron chi connectivity index (χ1n) is 8.80. The van der Waals surface area contributed by atoms with Gasteiger partial charge in [-0.1, -0.05) is 12.7 Å². The number of hydrogen-bond acceptors (Lipinski definition) is 4. The van der Waals surface area contributed by atoms with Crippen molar-refractivity contribution in [2.24, 2.45) is 0 Å². The van der Waals surface area contributed by atoms with Crippen molar-refractivity contribution in [2.45, 2.75) is 18.9 Å². The number of nitrogens with zero attached hydrogens (tertiary/aromatic N) is 2. The highest BCUT2D eigenvalue weighted by molar-refractivity contribution is 5.94. The van der Waals surface area contributed by atoms with Crippen LogP contribution in [0.15, 0.2) is 36.9 Å². The van der Waals surface area contributed by atoms with E-state index in [-0.39, 0.29) is 11.8 Å². The van der Waals surface area contributed by atoms with Gasteiger partial charge < -0.3 is 15.0 Å². The van der Waals surface area contributed by atoms with Crippen LogP contribution in [0.25, 0.3) is 0 Å². The predicted molar refractivity (Wildman–Crippen MR) is 95.6 cm³/mol. The maximum Gasteiger partial charge on any atom is 0.253 e. The number of benzene rings is 1. The Morgan fingerprint density at radius 3 is 2.44 bits per heavy atom. The smallest absolute Gasteiger partial charge is 0.253 e. The standard InChI is InChI=1S/C19H25N3O3/c1-2-13-25-17-7-3-15(4-8-17)19(24)22-11-9-21(10-12-22)14-18(23)20-16-5-6-16/h2-4,7-8,16H,1,5-6,9-14H2,(H,20,23). The lowest BCUT2D eigenvalue weighted by Gasteiger charge is -2.34. The van der Waals surface area contributed by atoms with E-state index in [1.807, 2.05) is 4.90 Å². The van der Waals surface area contributed by atoms with Crippen molar-refractivity contribution < 1.29 is 14.3 Å². The third kappa shape index (κ3) is 5.06. The Balaban J connectivity index is 1.45. The number of carbonyl (C=O) groups is 2. The van der Waals surface area contributed by atoms with Crippen molar-refractivity contribution in [3.8, 4) is 5.75 Å². The van der Waals surface area contributed by atoms with Crippen LogP contribution in [0.2, 0.25) is 0 Å². The summed E-state index contributed by atoms with van der Waals surface area (Å²) in [4.78, 5) is 28.4. The van der Waals surface area contributed by atoms with Crippen LogP contribution in [0.4, 0.5) is 0 Å². The van der Waals surface area contributed by atoms with Gasteiger partial charge in [-0.15, -0.1) is 0 Å². The minimum Gasteiger partial charge on any atom is -0.490 e. The van der Waals surface area contributed by atoms with Crippen molar-refractivity contribution in [2.75, 3.05) is 39.3 Å². The molecule has 1 saturated carbocycles. The molecular weight excluding hydrogens is 318 g/mol. The maximum atomic E-state index is 12.6. The molecule has 1 aliphatic carbocycles. The molecule has 0 spiro atoms. The number of ether oxygens (including phenoxy) is 1. The van der Waals surface area contributed by atoms with Crippen molar-refractivity contribution in [1.82, 2.24) is 15.1 Å². The van der Waals surface area contributed by atoms with E-state index in [1.54, 1.807) is 30.3 Å². The predicted octanol–water partition coefficient (Wildman–Crippen LogP) is 1.29. The lowest BCUT2D eigenvalue weighted by Crippen LogP contribution is -2.51. The maximum absolute atomic E-state index is 12.6. The molecule has 0 aromatic heterocycles. The summed E-state index contributed by atoms with van der Waals surface area (Å²) in [6.07, 6.45) is 3.89. The van der Waals surface area contributed by atoms with Gasteiger partial charge in [-0.25, -0.2) is 0 Å². The van der Waals surface area contributed by atoms with Gasteiger partial charge in [0.05, 0.1) is 6.54 Å². The zero-order valence-electron chi connectivity index (χ0n) is 14.4. The van der Waals surface area contributed by atoms with Crippen molar-refractivity contribution in [1.29, 1.82) is 0 Å². The third-order valence-electron chi connectivity index (χ3n) is 4.44. The Morgan fingerprint density at radius 1 is 1.16 bits per heavy atom. The van der Waals surface area contributed by atoms with Gasteiger partial charge >= 0.3 is 0 Å². The highest BCUT2D eigenvalue weighted by Crippen LogP contribution is 2.18. The molecule has 1 saturated heterocycles. The Morgan fingerprint density at radius 2 is 1.84 bits per heavy atom. The van der Waals surface area contributed by atoms with Crippen molar-refractivity contribution in [3.63, 3.8) is 0 Å². The highest BCUT2D eigenvalue weighted by Gasteiger charge is 2.26. The monoisotopic (exact) mass is 343 g/mol. The van der Waals surface area contributed by atoms with Gasteiger partial charge in [0.15, 0.2) is 0 Å². The molecule has 1 N–H and O–H groups in total. The van der Waals surface area contributed by atoms with E-state index in [2.05, 4.69) is 16.8 Å². The molecule has 1 aromatic carbocycles. The van der Waals surface area contributed by atoms with Gasteiger partial charge in [0.25, 0.3) is 5.91 Å².